The molecule has 0 aromatic rings. The molecule has 0 rings (SSSR count). The molecule has 0 spiro atoms. The smallest absolute Gasteiger partial charge is 0.317 e. The van der Waals surface area contributed by atoms with Crippen molar-refractivity contribution in [3.05, 3.63) is 0 Å². The van der Waals surface area contributed by atoms with Gasteiger partial charge >= 0.3 is 29.8 Å². The molecular weight excluding hydrogens is 430 g/mol. The van der Waals surface area contributed by atoms with Crippen LogP contribution in [0.25, 0.3) is 0 Å². The maximum absolute atomic E-state index is 11.8. The second-order valence-corrected chi connectivity index (χ2v) is 7.66. The van der Waals surface area contributed by atoms with Gasteiger partial charge in [0, 0.05) is 32.7 Å². The first-order valence-electron chi connectivity index (χ1n) is 10.1. The number of rotatable bonds is 19. The fourth-order valence-electron chi connectivity index (χ4n) is 2.67. The third kappa shape index (κ3) is 17.0. The molecule has 0 unspecified atom stereocenters. The molecule has 0 amide bonds. The Bertz CT molecular complexity index is 625. The lowest BCUT2D eigenvalue weighted by Gasteiger charge is -2.27. The Morgan fingerprint density at radius 1 is 0.625 bits per heavy atom. The Labute approximate surface area is 186 Å². The van der Waals surface area contributed by atoms with Gasteiger partial charge in [-0.1, -0.05) is 13.8 Å². The number of aliphatic carboxylic acids is 4. The standard InChI is InChI=1S/C19H33N3O10/c1-14(2)13-32-19(31)3-4-20(9-15(23)24)5-6-21(10-16(25)26)7-8-22(11-17(27)28)12-18(29)30/h14H,3-13H2,1-2H3,(H,23,24)(H,25,26)(H,27,28)(H,29,30). The molecule has 0 atom stereocenters. The third-order valence-electron chi connectivity index (χ3n) is 4.11. The van der Waals surface area contributed by atoms with Crippen LogP contribution in [0.4, 0.5) is 0 Å². The Morgan fingerprint density at radius 3 is 1.34 bits per heavy atom. The molecule has 4 N–H and O–H groups in total. The number of carboxylic acids is 4. The zero-order valence-corrected chi connectivity index (χ0v) is 18.4. The van der Waals surface area contributed by atoms with Crippen molar-refractivity contribution in [1.29, 1.82) is 0 Å². The van der Waals surface area contributed by atoms with Gasteiger partial charge in [0.1, 0.15) is 0 Å². The molecule has 0 saturated heterocycles. The highest BCUT2D eigenvalue weighted by atomic mass is 16.5. The van der Waals surface area contributed by atoms with Gasteiger partial charge in [-0.25, -0.2) is 0 Å². The number of hydrogen-bond donors (Lipinski definition) is 4. The van der Waals surface area contributed by atoms with Crippen molar-refractivity contribution >= 4 is 29.8 Å². The van der Waals surface area contributed by atoms with Gasteiger partial charge in [-0.15, -0.1) is 0 Å². The lowest BCUT2D eigenvalue weighted by atomic mass is 10.2. The molecule has 0 radical (unpaired) electrons. The van der Waals surface area contributed by atoms with Crippen LogP contribution in [0.2, 0.25) is 0 Å². The predicted molar refractivity (Wildman–Crippen MR) is 110 cm³/mol. The van der Waals surface area contributed by atoms with E-state index in [1.54, 1.807) is 0 Å². The predicted octanol–water partition coefficient (Wildman–Crippen LogP) is -1.18. The summed E-state index contributed by atoms with van der Waals surface area (Å²) in [5.74, 6) is -4.98. The van der Waals surface area contributed by atoms with Gasteiger partial charge in [-0.3, -0.25) is 38.7 Å². The number of nitrogens with zero attached hydrogens (tertiary/aromatic N) is 3. The summed E-state index contributed by atoms with van der Waals surface area (Å²) in [6.45, 7) is 2.65. The van der Waals surface area contributed by atoms with Crippen LogP contribution in [-0.2, 0) is 28.7 Å². The molecule has 32 heavy (non-hydrogen) atoms. The molecule has 13 nitrogen and oxygen atoms in total. The summed E-state index contributed by atoms with van der Waals surface area (Å²) in [4.78, 5) is 60.0. The van der Waals surface area contributed by atoms with Crippen molar-refractivity contribution in [1.82, 2.24) is 14.7 Å². The fourth-order valence-corrected chi connectivity index (χ4v) is 2.67. The maximum Gasteiger partial charge on any atom is 0.317 e. The minimum Gasteiger partial charge on any atom is -0.480 e. The second-order valence-electron chi connectivity index (χ2n) is 7.66. The van der Waals surface area contributed by atoms with Crippen LogP contribution in [0.1, 0.15) is 20.3 Å². The number of carbonyl (C=O) groups excluding carboxylic acids is 1. The van der Waals surface area contributed by atoms with Crippen LogP contribution in [0.3, 0.4) is 0 Å². The SMILES string of the molecule is CC(C)COC(=O)CCN(CCN(CCN(CC(=O)O)CC(=O)O)CC(=O)O)CC(=O)O. The van der Waals surface area contributed by atoms with Gasteiger partial charge in [-0.05, 0) is 5.92 Å². The normalized spacial score (nSPS) is 11.3. The zero-order chi connectivity index (χ0) is 24.7. The van der Waals surface area contributed by atoms with Crippen LogP contribution in [0, 0.1) is 5.92 Å². The molecule has 0 fully saturated rings. The molecule has 13 heteroatoms. The number of esters is 1. The van der Waals surface area contributed by atoms with E-state index in [4.69, 9.17) is 25.2 Å². The van der Waals surface area contributed by atoms with Gasteiger partial charge in [-0.2, -0.15) is 0 Å². The van der Waals surface area contributed by atoms with Crippen molar-refractivity contribution in [2.75, 3.05) is 65.5 Å². The van der Waals surface area contributed by atoms with Gasteiger partial charge in [0.2, 0.25) is 0 Å². The first-order valence-corrected chi connectivity index (χ1v) is 10.1. The van der Waals surface area contributed by atoms with Gasteiger partial charge in [0.15, 0.2) is 0 Å². The molecule has 0 aliphatic carbocycles. The van der Waals surface area contributed by atoms with Gasteiger partial charge in [0.25, 0.3) is 0 Å². The summed E-state index contributed by atoms with van der Waals surface area (Å²) in [6, 6.07) is 0. The van der Waals surface area contributed by atoms with Crippen LogP contribution in [-0.4, -0.2) is 130 Å². The van der Waals surface area contributed by atoms with E-state index >= 15 is 0 Å². The number of carbonyl (C=O) groups is 5. The molecule has 0 aromatic heterocycles. The quantitative estimate of drug-likeness (QED) is 0.168. The number of carboxylic acid groups (broad SMARTS) is 4. The van der Waals surface area contributed by atoms with E-state index in [0.29, 0.717) is 0 Å². The van der Waals surface area contributed by atoms with E-state index in [-0.39, 0.29) is 58.2 Å². The zero-order valence-electron chi connectivity index (χ0n) is 18.4. The van der Waals surface area contributed by atoms with Crippen molar-refractivity contribution in [2.45, 2.75) is 20.3 Å². The average Bonchev–Trinajstić information content (AvgIpc) is 2.64. The largest absolute Gasteiger partial charge is 0.480 e. The van der Waals surface area contributed by atoms with Crippen molar-refractivity contribution in [3.8, 4) is 0 Å². The monoisotopic (exact) mass is 463 g/mol. The summed E-state index contributed by atoms with van der Waals surface area (Å²) in [7, 11) is 0. The van der Waals surface area contributed by atoms with Crippen LogP contribution in [0.15, 0.2) is 0 Å². The van der Waals surface area contributed by atoms with E-state index < -0.39 is 49.5 Å². The van der Waals surface area contributed by atoms with E-state index in [1.807, 2.05) is 13.8 Å². The van der Waals surface area contributed by atoms with Crippen LogP contribution >= 0.6 is 0 Å². The minimum absolute atomic E-state index is 0.00760. The molecule has 184 valence electrons. The molecular formula is C19H33N3O10. The summed E-state index contributed by atoms with van der Waals surface area (Å²) in [5, 5.41) is 36.0. The van der Waals surface area contributed by atoms with Crippen LogP contribution in [0.5, 0.6) is 0 Å². The van der Waals surface area contributed by atoms with Crippen molar-refractivity contribution in [3.63, 3.8) is 0 Å². The Hall–Kier alpha value is -2.77. The number of ether oxygens (including phenoxy) is 1. The molecule has 0 saturated carbocycles. The first-order chi connectivity index (χ1) is 14.9. The molecule has 0 aliphatic heterocycles. The molecule has 0 bridgehead atoms. The van der Waals surface area contributed by atoms with E-state index in [0.717, 1.165) is 4.90 Å². The Morgan fingerprint density at radius 2 is 0.969 bits per heavy atom. The topological polar surface area (TPSA) is 185 Å². The Balaban J connectivity index is 4.89. The second kappa shape index (κ2) is 15.9. The Kier molecular flexibility index (Phi) is 14.6. The maximum atomic E-state index is 11.8. The highest BCUT2D eigenvalue weighted by molar-refractivity contribution is 5.72. The lowest BCUT2D eigenvalue weighted by Crippen LogP contribution is -2.45. The molecule has 0 heterocycles. The van der Waals surface area contributed by atoms with Crippen molar-refractivity contribution < 1.29 is 49.1 Å². The summed E-state index contributed by atoms with van der Waals surface area (Å²) in [5.41, 5.74) is 0. The number of hydrogen-bond acceptors (Lipinski definition) is 9. The fraction of sp³-hybridized carbons (Fsp3) is 0.737. The summed E-state index contributed by atoms with van der Waals surface area (Å²) >= 11 is 0. The molecule has 0 aliphatic rings. The highest BCUT2D eigenvalue weighted by Crippen LogP contribution is 2.00. The van der Waals surface area contributed by atoms with Gasteiger partial charge in [0.05, 0.1) is 39.2 Å². The highest BCUT2D eigenvalue weighted by Gasteiger charge is 2.19. The molecule has 0 aromatic carbocycles. The van der Waals surface area contributed by atoms with Gasteiger partial charge < -0.3 is 25.2 Å². The van der Waals surface area contributed by atoms with E-state index in [1.165, 1.54) is 9.80 Å². The minimum atomic E-state index is -1.21. The lowest BCUT2D eigenvalue weighted by molar-refractivity contribution is -0.146. The summed E-state index contributed by atoms with van der Waals surface area (Å²) < 4.78 is 5.06. The summed E-state index contributed by atoms with van der Waals surface area (Å²) in [6.07, 6.45) is -0.0239. The first kappa shape index (κ1) is 29.2. The van der Waals surface area contributed by atoms with Crippen LogP contribution < -0.4 is 0 Å². The van der Waals surface area contributed by atoms with E-state index in [9.17, 15) is 24.0 Å². The third-order valence-corrected chi connectivity index (χ3v) is 4.11. The van der Waals surface area contributed by atoms with E-state index in [2.05, 4.69) is 0 Å². The van der Waals surface area contributed by atoms with Crippen molar-refractivity contribution in [2.24, 2.45) is 5.92 Å². The average molecular weight is 463 g/mol.